The smallest absolute Gasteiger partial charge is 0.275 e. The molecule has 0 aromatic carbocycles. The molecule has 2 rings (SSSR count). The minimum atomic E-state index is -0.274. The molecule has 0 saturated heterocycles. The van der Waals surface area contributed by atoms with Crippen LogP contribution < -0.4 is 11.3 Å². The van der Waals surface area contributed by atoms with Crippen molar-refractivity contribution in [3.63, 3.8) is 0 Å². The van der Waals surface area contributed by atoms with Gasteiger partial charge < -0.3 is 0 Å². The van der Waals surface area contributed by atoms with Crippen molar-refractivity contribution >= 4 is 28.8 Å². The second kappa shape index (κ2) is 5.09. The van der Waals surface area contributed by atoms with Crippen LogP contribution in [0.5, 0.6) is 0 Å². The molecule has 7 heteroatoms. The molecule has 0 aliphatic heterocycles. The SMILES string of the molecule is Cc1nn(Cc2cc(C(=O)NN)sc2C)cc1Cl. The predicted molar refractivity (Wildman–Crippen MR) is 71.8 cm³/mol. The maximum atomic E-state index is 11.4. The fraction of sp³-hybridized carbons (Fsp3) is 0.273. The van der Waals surface area contributed by atoms with E-state index < -0.39 is 0 Å². The van der Waals surface area contributed by atoms with Gasteiger partial charge in [-0.05, 0) is 25.5 Å². The standard InChI is InChI=1S/C11H13ClN4OS/c1-6-9(12)5-16(15-6)4-8-3-10(11(17)14-13)18-7(8)2/h3,5H,4,13H2,1-2H3,(H,14,17). The number of nitrogens with zero attached hydrogens (tertiary/aromatic N) is 2. The molecule has 0 fully saturated rings. The maximum absolute atomic E-state index is 11.4. The van der Waals surface area contributed by atoms with E-state index in [9.17, 15) is 4.79 Å². The number of aromatic nitrogens is 2. The van der Waals surface area contributed by atoms with Crippen molar-refractivity contribution in [1.29, 1.82) is 0 Å². The van der Waals surface area contributed by atoms with Crippen molar-refractivity contribution in [3.05, 3.63) is 38.3 Å². The van der Waals surface area contributed by atoms with Crippen LogP contribution in [0.3, 0.4) is 0 Å². The summed E-state index contributed by atoms with van der Waals surface area (Å²) in [6, 6.07) is 1.83. The fourth-order valence-electron chi connectivity index (χ4n) is 1.61. The van der Waals surface area contributed by atoms with Gasteiger partial charge in [0.2, 0.25) is 0 Å². The van der Waals surface area contributed by atoms with E-state index in [0.717, 1.165) is 16.1 Å². The number of carbonyl (C=O) groups excluding carboxylic acids is 1. The Morgan fingerprint density at radius 3 is 2.89 bits per heavy atom. The number of halogens is 1. The average Bonchev–Trinajstić information content (AvgIpc) is 2.83. The van der Waals surface area contributed by atoms with Crippen molar-refractivity contribution in [3.8, 4) is 0 Å². The quantitative estimate of drug-likeness (QED) is 0.513. The summed E-state index contributed by atoms with van der Waals surface area (Å²) in [6.45, 7) is 4.41. The highest BCUT2D eigenvalue weighted by molar-refractivity contribution is 7.14. The third-order valence-electron chi connectivity index (χ3n) is 2.59. The normalized spacial score (nSPS) is 10.7. The van der Waals surface area contributed by atoms with Crippen LogP contribution >= 0.6 is 22.9 Å². The third kappa shape index (κ3) is 2.55. The topological polar surface area (TPSA) is 72.9 Å². The van der Waals surface area contributed by atoms with Gasteiger partial charge >= 0.3 is 0 Å². The van der Waals surface area contributed by atoms with E-state index in [1.807, 2.05) is 19.9 Å². The Morgan fingerprint density at radius 1 is 1.61 bits per heavy atom. The van der Waals surface area contributed by atoms with Crippen LogP contribution in [-0.4, -0.2) is 15.7 Å². The van der Waals surface area contributed by atoms with Gasteiger partial charge in [-0.3, -0.25) is 14.9 Å². The molecule has 0 spiro atoms. The van der Waals surface area contributed by atoms with E-state index in [2.05, 4.69) is 10.5 Å². The van der Waals surface area contributed by atoms with Crippen LogP contribution in [0, 0.1) is 13.8 Å². The first kappa shape index (κ1) is 13.1. The highest BCUT2D eigenvalue weighted by atomic mass is 35.5. The van der Waals surface area contributed by atoms with E-state index in [-0.39, 0.29) is 5.91 Å². The summed E-state index contributed by atoms with van der Waals surface area (Å²) >= 11 is 7.36. The number of nitrogen functional groups attached to an aromatic ring is 1. The summed E-state index contributed by atoms with van der Waals surface area (Å²) in [5.74, 6) is 4.84. The summed E-state index contributed by atoms with van der Waals surface area (Å²) in [6.07, 6.45) is 1.77. The third-order valence-corrected chi connectivity index (χ3v) is 4.06. The summed E-state index contributed by atoms with van der Waals surface area (Å²) in [7, 11) is 0. The Balaban J connectivity index is 2.24. The van der Waals surface area contributed by atoms with Crippen molar-refractivity contribution in [1.82, 2.24) is 15.2 Å². The number of hydrogen-bond donors (Lipinski definition) is 2. The van der Waals surface area contributed by atoms with E-state index >= 15 is 0 Å². The highest BCUT2D eigenvalue weighted by Gasteiger charge is 2.12. The molecule has 2 aromatic rings. The number of hydrogen-bond acceptors (Lipinski definition) is 4. The minimum absolute atomic E-state index is 0.274. The minimum Gasteiger partial charge on any atom is -0.289 e. The monoisotopic (exact) mass is 284 g/mol. The molecule has 3 N–H and O–H groups in total. The Bertz CT molecular complexity index is 570. The molecule has 0 aliphatic carbocycles. The highest BCUT2D eigenvalue weighted by Crippen LogP contribution is 2.23. The molecular formula is C11H13ClN4OS. The lowest BCUT2D eigenvalue weighted by atomic mass is 10.2. The van der Waals surface area contributed by atoms with Crippen LogP contribution in [-0.2, 0) is 6.54 Å². The van der Waals surface area contributed by atoms with Gasteiger partial charge in [0.1, 0.15) is 0 Å². The van der Waals surface area contributed by atoms with Gasteiger partial charge in [-0.15, -0.1) is 11.3 Å². The van der Waals surface area contributed by atoms with Crippen LogP contribution in [0.15, 0.2) is 12.3 Å². The second-order valence-corrected chi connectivity index (χ2v) is 5.59. The lowest BCUT2D eigenvalue weighted by molar-refractivity contribution is 0.0957. The van der Waals surface area contributed by atoms with Gasteiger partial charge in [-0.25, -0.2) is 5.84 Å². The maximum Gasteiger partial charge on any atom is 0.275 e. The molecule has 0 radical (unpaired) electrons. The van der Waals surface area contributed by atoms with Gasteiger partial charge in [0.15, 0.2) is 0 Å². The van der Waals surface area contributed by atoms with Crippen molar-refractivity contribution < 1.29 is 4.79 Å². The van der Waals surface area contributed by atoms with Crippen LogP contribution in [0.2, 0.25) is 5.02 Å². The summed E-state index contributed by atoms with van der Waals surface area (Å²) in [5, 5.41) is 4.93. The lowest BCUT2D eigenvalue weighted by Gasteiger charge is -1.99. The van der Waals surface area contributed by atoms with Crippen molar-refractivity contribution in [2.45, 2.75) is 20.4 Å². The fourth-order valence-corrected chi connectivity index (χ4v) is 2.70. The molecule has 5 nitrogen and oxygen atoms in total. The first-order valence-corrected chi connectivity index (χ1v) is 6.50. The van der Waals surface area contributed by atoms with Crippen LogP contribution in [0.1, 0.15) is 25.8 Å². The number of nitrogens with two attached hydrogens (primary N) is 1. The molecule has 0 atom stereocenters. The molecule has 2 aromatic heterocycles. The molecule has 18 heavy (non-hydrogen) atoms. The van der Waals surface area contributed by atoms with E-state index in [0.29, 0.717) is 16.4 Å². The molecule has 2 heterocycles. The molecule has 0 saturated carbocycles. The number of aryl methyl sites for hydroxylation is 2. The number of rotatable bonds is 3. The Hall–Kier alpha value is -1.37. The number of hydrazine groups is 1. The zero-order valence-corrected chi connectivity index (χ0v) is 11.6. The number of carbonyl (C=O) groups is 1. The van der Waals surface area contributed by atoms with E-state index in [1.54, 1.807) is 10.9 Å². The molecule has 0 unspecified atom stereocenters. The van der Waals surface area contributed by atoms with Gasteiger partial charge in [0, 0.05) is 11.1 Å². The number of amides is 1. The molecule has 0 bridgehead atoms. The summed E-state index contributed by atoms with van der Waals surface area (Å²) < 4.78 is 1.76. The molecule has 96 valence electrons. The summed E-state index contributed by atoms with van der Waals surface area (Å²) in [4.78, 5) is 13.1. The van der Waals surface area contributed by atoms with E-state index in [4.69, 9.17) is 17.4 Å². The predicted octanol–water partition coefficient (Wildman–Crippen LogP) is 1.87. The first-order valence-electron chi connectivity index (χ1n) is 5.31. The van der Waals surface area contributed by atoms with Crippen LogP contribution in [0.25, 0.3) is 0 Å². The Morgan fingerprint density at radius 2 is 2.33 bits per heavy atom. The zero-order chi connectivity index (χ0) is 13.3. The largest absolute Gasteiger partial charge is 0.289 e. The van der Waals surface area contributed by atoms with Crippen LogP contribution in [0.4, 0.5) is 0 Å². The van der Waals surface area contributed by atoms with Gasteiger partial charge in [-0.1, -0.05) is 11.6 Å². The van der Waals surface area contributed by atoms with Gasteiger partial charge in [0.25, 0.3) is 5.91 Å². The second-order valence-electron chi connectivity index (χ2n) is 3.93. The molecule has 1 amide bonds. The number of nitrogens with one attached hydrogen (secondary N) is 1. The summed E-state index contributed by atoms with van der Waals surface area (Å²) in [5.41, 5.74) is 3.96. The Kier molecular flexibility index (Phi) is 3.70. The van der Waals surface area contributed by atoms with Crippen molar-refractivity contribution in [2.24, 2.45) is 5.84 Å². The average molecular weight is 285 g/mol. The molecule has 0 aliphatic rings. The number of thiophene rings is 1. The van der Waals surface area contributed by atoms with E-state index in [1.165, 1.54) is 11.3 Å². The lowest BCUT2D eigenvalue weighted by Crippen LogP contribution is -2.29. The first-order chi connectivity index (χ1) is 8.51. The van der Waals surface area contributed by atoms with Gasteiger partial charge in [0.05, 0.1) is 22.1 Å². The zero-order valence-electron chi connectivity index (χ0n) is 10.0. The molecular weight excluding hydrogens is 272 g/mol. The van der Waals surface area contributed by atoms with Crippen molar-refractivity contribution in [2.75, 3.05) is 0 Å². The van der Waals surface area contributed by atoms with Gasteiger partial charge in [-0.2, -0.15) is 5.10 Å². The Labute approximate surface area is 114 Å².